The monoisotopic (exact) mass is 245 g/mol. The fraction of sp³-hybridized carbons (Fsp3) is 0.533. The molecule has 0 heterocycles. The van der Waals surface area contributed by atoms with Crippen molar-refractivity contribution in [1.82, 2.24) is 0 Å². The molecule has 0 aliphatic heterocycles. The average Bonchev–Trinajstić information content (AvgIpc) is 2.34. The van der Waals surface area contributed by atoms with Gasteiger partial charge in [0.2, 0.25) is 0 Å². The van der Waals surface area contributed by atoms with Gasteiger partial charge >= 0.3 is 0 Å². The summed E-state index contributed by atoms with van der Waals surface area (Å²) in [6, 6.07) is 10.4. The van der Waals surface area contributed by atoms with Gasteiger partial charge in [-0.2, -0.15) is 5.26 Å². The lowest BCUT2D eigenvalue weighted by molar-refractivity contribution is 0.608. The molecule has 0 aromatic heterocycles. The maximum atomic E-state index is 8.77. The second-order valence-corrected chi connectivity index (χ2v) is 5.10. The van der Waals surface area contributed by atoms with Crippen LogP contribution in [-0.2, 0) is 0 Å². The molecular weight excluding hydrogens is 222 g/mol. The van der Waals surface area contributed by atoms with Crippen LogP contribution in [0.3, 0.4) is 0 Å². The molecule has 1 atom stereocenters. The second-order valence-electron chi connectivity index (χ2n) is 5.10. The van der Waals surface area contributed by atoms with Gasteiger partial charge in [0.25, 0.3) is 0 Å². The molecule has 0 unspecified atom stereocenters. The maximum Gasteiger partial charge on any atom is 0.0640 e. The molecule has 1 rings (SSSR count). The Bertz CT molecular complexity index is 404. The van der Waals surface area contributed by atoms with E-state index in [2.05, 4.69) is 36.9 Å². The summed E-state index contributed by atoms with van der Waals surface area (Å²) in [5.41, 5.74) is 8.33. The normalized spacial score (nSPS) is 12.2. The first-order valence-electron chi connectivity index (χ1n) is 6.52. The molecular formula is C15H23N3. The van der Waals surface area contributed by atoms with Gasteiger partial charge in [0.05, 0.1) is 12.5 Å². The summed E-state index contributed by atoms with van der Waals surface area (Å²) < 4.78 is 0. The standard InChI is InChI=1S/C15H23N3/c1-12(2)11-18(10-6-9-16)15-8-5-4-7-14(15)13(3)17/h4-5,7-8,12-13H,6,10-11,17H2,1-3H3/t13-/m0/s1. The molecule has 1 aromatic carbocycles. The Kier molecular flexibility index (Phi) is 5.67. The number of hydrogen-bond acceptors (Lipinski definition) is 3. The van der Waals surface area contributed by atoms with Crippen molar-refractivity contribution in [3.8, 4) is 6.07 Å². The van der Waals surface area contributed by atoms with Crippen molar-refractivity contribution in [2.45, 2.75) is 33.2 Å². The molecule has 3 nitrogen and oxygen atoms in total. The third-order valence-electron chi connectivity index (χ3n) is 2.85. The maximum absolute atomic E-state index is 8.77. The van der Waals surface area contributed by atoms with E-state index in [9.17, 15) is 0 Å². The minimum absolute atomic E-state index is 0.0120. The van der Waals surface area contributed by atoms with Crippen LogP contribution in [0.1, 0.15) is 38.8 Å². The summed E-state index contributed by atoms with van der Waals surface area (Å²) in [4.78, 5) is 2.27. The van der Waals surface area contributed by atoms with Gasteiger partial charge in [-0.25, -0.2) is 0 Å². The van der Waals surface area contributed by atoms with Crippen LogP contribution in [0.15, 0.2) is 24.3 Å². The van der Waals surface area contributed by atoms with E-state index in [0.717, 1.165) is 24.3 Å². The third kappa shape index (κ3) is 4.05. The van der Waals surface area contributed by atoms with Crippen molar-refractivity contribution >= 4 is 5.69 Å². The Morgan fingerprint density at radius 2 is 1.94 bits per heavy atom. The summed E-state index contributed by atoms with van der Waals surface area (Å²) in [5.74, 6) is 0.560. The predicted octanol–water partition coefficient (Wildman–Crippen LogP) is 3.08. The van der Waals surface area contributed by atoms with Gasteiger partial charge in [-0.15, -0.1) is 0 Å². The minimum atomic E-state index is 0.0120. The van der Waals surface area contributed by atoms with E-state index >= 15 is 0 Å². The van der Waals surface area contributed by atoms with Gasteiger partial charge in [-0.05, 0) is 24.5 Å². The number of nitrogens with zero attached hydrogens (tertiary/aromatic N) is 2. The van der Waals surface area contributed by atoms with Crippen LogP contribution < -0.4 is 10.6 Å². The summed E-state index contributed by atoms with van der Waals surface area (Å²) in [5, 5.41) is 8.77. The van der Waals surface area contributed by atoms with Gasteiger partial charge < -0.3 is 10.6 Å². The Morgan fingerprint density at radius 3 is 2.50 bits per heavy atom. The van der Waals surface area contributed by atoms with E-state index in [4.69, 9.17) is 11.0 Å². The van der Waals surface area contributed by atoms with E-state index in [0.29, 0.717) is 12.3 Å². The van der Waals surface area contributed by atoms with Crippen molar-refractivity contribution in [3.05, 3.63) is 29.8 Å². The molecule has 18 heavy (non-hydrogen) atoms. The lowest BCUT2D eigenvalue weighted by atomic mass is 10.0. The Balaban J connectivity index is 3.00. The molecule has 0 bridgehead atoms. The highest BCUT2D eigenvalue weighted by molar-refractivity contribution is 5.55. The number of nitrogens with two attached hydrogens (primary N) is 1. The quantitative estimate of drug-likeness (QED) is 0.838. The highest BCUT2D eigenvalue weighted by Crippen LogP contribution is 2.25. The highest BCUT2D eigenvalue weighted by Gasteiger charge is 2.14. The number of benzene rings is 1. The van der Waals surface area contributed by atoms with Gasteiger partial charge in [-0.3, -0.25) is 0 Å². The summed E-state index contributed by atoms with van der Waals surface area (Å²) in [6.07, 6.45) is 0.542. The Labute approximate surface area is 110 Å². The number of nitriles is 1. The largest absolute Gasteiger partial charge is 0.370 e. The van der Waals surface area contributed by atoms with Crippen molar-refractivity contribution in [2.75, 3.05) is 18.0 Å². The molecule has 0 spiro atoms. The van der Waals surface area contributed by atoms with Crippen LogP contribution in [-0.4, -0.2) is 13.1 Å². The summed E-state index contributed by atoms with van der Waals surface area (Å²) in [6.45, 7) is 8.09. The number of hydrogen-bond donors (Lipinski definition) is 1. The third-order valence-corrected chi connectivity index (χ3v) is 2.85. The lowest BCUT2D eigenvalue weighted by Gasteiger charge is -2.29. The van der Waals surface area contributed by atoms with Crippen LogP contribution in [0.2, 0.25) is 0 Å². The molecule has 0 fully saturated rings. The minimum Gasteiger partial charge on any atom is -0.370 e. The molecule has 0 saturated heterocycles. The van der Waals surface area contributed by atoms with E-state index in [-0.39, 0.29) is 6.04 Å². The van der Waals surface area contributed by atoms with E-state index < -0.39 is 0 Å². The highest BCUT2D eigenvalue weighted by atomic mass is 15.1. The SMILES string of the molecule is CC(C)CN(CCC#N)c1ccccc1[C@H](C)N. The van der Waals surface area contributed by atoms with Crippen molar-refractivity contribution < 1.29 is 0 Å². The van der Waals surface area contributed by atoms with Crippen molar-refractivity contribution in [3.63, 3.8) is 0 Å². The second kappa shape index (κ2) is 7.03. The lowest BCUT2D eigenvalue weighted by Crippen LogP contribution is -2.30. The molecule has 0 amide bonds. The molecule has 1 aromatic rings. The smallest absolute Gasteiger partial charge is 0.0640 e. The topological polar surface area (TPSA) is 53.0 Å². The molecule has 0 aliphatic carbocycles. The summed E-state index contributed by atoms with van der Waals surface area (Å²) >= 11 is 0. The number of para-hydroxylation sites is 1. The van der Waals surface area contributed by atoms with Crippen LogP contribution in [0.4, 0.5) is 5.69 Å². The van der Waals surface area contributed by atoms with Gasteiger partial charge in [0.15, 0.2) is 0 Å². The van der Waals surface area contributed by atoms with E-state index in [1.807, 2.05) is 19.1 Å². The molecule has 0 aliphatic rings. The zero-order valence-electron chi connectivity index (χ0n) is 11.6. The van der Waals surface area contributed by atoms with Crippen molar-refractivity contribution in [2.24, 2.45) is 11.7 Å². The average molecular weight is 245 g/mol. The molecule has 3 heteroatoms. The fourth-order valence-corrected chi connectivity index (χ4v) is 2.10. The fourth-order valence-electron chi connectivity index (χ4n) is 2.10. The van der Waals surface area contributed by atoms with Gasteiger partial charge in [0, 0.05) is 24.8 Å². The zero-order chi connectivity index (χ0) is 13.5. The zero-order valence-corrected chi connectivity index (χ0v) is 11.6. The predicted molar refractivity (Wildman–Crippen MR) is 76.3 cm³/mol. The molecule has 98 valence electrons. The first kappa shape index (κ1) is 14.5. The van der Waals surface area contributed by atoms with Crippen LogP contribution >= 0.6 is 0 Å². The Hall–Kier alpha value is -1.53. The Morgan fingerprint density at radius 1 is 1.28 bits per heavy atom. The van der Waals surface area contributed by atoms with Gasteiger partial charge in [0.1, 0.15) is 0 Å². The first-order chi connectivity index (χ1) is 8.56. The van der Waals surface area contributed by atoms with Gasteiger partial charge in [-0.1, -0.05) is 32.0 Å². The van der Waals surface area contributed by atoms with E-state index in [1.54, 1.807) is 0 Å². The van der Waals surface area contributed by atoms with Crippen molar-refractivity contribution in [1.29, 1.82) is 5.26 Å². The van der Waals surface area contributed by atoms with Crippen LogP contribution in [0, 0.1) is 17.2 Å². The number of rotatable bonds is 6. The first-order valence-corrected chi connectivity index (χ1v) is 6.52. The molecule has 2 N–H and O–H groups in total. The summed E-state index contributed by atoms with van der Waals surface area (Å²) in [7, 11) is 0. The number of anilines is 1. The molecule has 0 radical (unpaired) electrons. The molecule has 0 saturated carbocycles. The van der Waals surface area contributed by atoms with E-state index in [1.165, 1.54) is 0 Å². The van der Waals surface area contributed by atoms with Crippen LogP contribution in [0.5, 0.6) is 0 Å². The van der Waals surface area contributed by atoms with Crippen LogP contribution in [0.25, 0.3) is 0 Å².